The molecule has 0 bridgehead atoms. The fourth-order valence-electron chi connectivity index (χ4n) is 2.78. The molecule has 2 N–H and O–H groups in total. The average molecular weight is 280 g/mol. The number of rotatable bonds is 1. The highest BCUT2D eigenvalue weighted by molar-refractivity contribution is 5.82. The molecule has 2 aromatic carbocycles. The van der Waals surface area contributed by atoms with Crippen LogP contribution in [0.3, 0.4) is 0 Å². The van der Waals surface area contributed by atoms with Crippen LogP contribution in [0, 0.1) is 5.82 Å². The van der Waals surface area contributed by atoms with E-state index in [0.717, 1.165) is 35.2 Å². The molecule has 0 aliphatic carbocycles. The highest BCUT2D eigenvalue weighted by Crippen LogP contribution is 2.36. The minimum Gasteiger partial charge on any atom is -0.381 e. The van der Waals surface area contributed by atoms with E-state index in [9.17, 15) is 4.39 Å². The second kappa shape index (κ2) is 4.41. The molecule has 1 aromatic heterocycles. The number of para-hydroxylation sites is 2. The lowest BCUT2D eigenvalue weighted by Gasteiger charge is -2.20. The van der Waals surface area contributed by atoms with Crippen LogP contribution in [-0.4, -0.2) is 16.5 Å². The van der Waals surface area contributed by atoms with Crippen molar-refractivity contribution >= 4 is 28.4 Å². The van der Waals surface area contributed by atoms with Crippen LogP contribution in [0.25, 0.3) is 11.0 Å². The normalized spacial score (nSPS) is 13.7. The van der Waals surface area contributed by atoms with E-state index in [1.54, 1.807) is 0 Å². The predicted molar refractivity (Wildman–Crippen MR) is 81.1 cm³/mol. The maximum atomic E-state index is 13.5. The summed E-state index contributed by atoms with van der Waals surface area (Å²) >= 11 is 0. The van der Waals surface area contributed by atoms with E-state index >= 15 is 0 Å². The van der Waals surface area contributed by atoms with Crippen LogP contribution in [0.15, 0.2) is 42.5 Å². The number of nitrogens with zero attached hydrogens (tertiary/aromatic N) is 3. The number of anilines is 3. The molecule has 2 heterocycles. The van der Waals surface area contributed by atoms with Gasteiger partial charge in [0, 0.05) is 12.2 Å². The third-order valence-corrected chi connectivity index (χ3v) is 3.78. The van der Waals surface area contributed by atoms with Crippen molar-refractivity contribution in [2.24, 2.45) is 0 Å². The van der Waals surface area contributed by atoms with Gasteiger partial charge < -0.3 is 10.6 Å². The Kier molecular flexibility index (Phi) is 2.54. The lowest BCUT2D eigenvalue weighted by atomic mass is 10.2. The van der Waals surface area contributed by atoms with Crippen molar-refractivity contribution < 1.29 is 4.39 Å². The number of halogens is 1. The molecule has 5 heteroatoms. The van der Waals surface area contributed by atoms with Crippen LogP contribution in [0.2, 0.25) is 0 Å². The van der Waals surface area contributed by atoms with Gasteiger partial charge in [-0.15, -0.1) is 0 Å². The molecule has 3 aromatic rings. The molecule has 0 fully saturated rings. The van der Waals surface area contributed by atoms with Gasteiger partial charge in [0.25, 0.3) is 0 Å². The van der Waals surface area contributed by atoms with Crippen molar-refractivity contribution in [3.63, 3.8) is 0 Å². The van der Waals surface area contributed by atoms with Crippen LogP contribution in [0.1, 0.15) is 5.56 Å². The number of nitrogen functional groups attached to an aromatic ring is 1. The summed E-state index contributed by atoms with van der Waals surface area (Å²) in [6, 6.07) is 12.4. The van der Waals surface area contributed by atoms with Gasteiger partial charge in [-0.2, -0.15) is 0 Å². The Labute approximate surface area is 121 Å². The summed E-state index contributed by atoms with van der Waals surface area (Å²) in [6.07, 6.45) is 0.851. The van der Waals surface area contributed by atoms with Gasteiger partial charge in [0.15, 0.2) is 11.6 Å². The number of fused-ring (bicyclic) bond motifs is 2. The third-order valence-electron chi connectivity index (χ3n) is 3.78. The second-order valence-electron chi connectivity index (χ2n) is 5.10. The van der Waals surface area contributed by atoms with Crippen molar-refractivity contribution in [3.05, 3.63) is 53.8 Å². The maximum Gasteiger partial charge on any atom is 0.176 e. The Bertz CT molecular complexity index is 847. The molecule has 0 spiro atoms. The van der Waals surface area contributed by atoms with Gasteiger partial charge in [0.05, 0.1) is 11.0 Å². The summed E-state index contributed by atoms with van der Waals surface area (Å²) in [5, 5.41) is 0. The number of nitrogens with two attached hydrogens (primary N) is 1. The summed E-state index contributed by atoms with van der Waals surface area (Å²) in [4.78, 5) is 10.9. The van der Waals surface area contributed by atoms with E-state index in [1.807, 2.05) is 35.2 Å². The standard InChI is InChI=1S/C16H13FN4/c17-11-6-5-10-7-8-21(14(10)9-11)16-15(18)19-12-3-1-2-4-13(12)20-16/h1-6,9H,7-8H2,(H2,18,19). The van der Waals surface area contributed by atoms with Crippen molar-refractivity contribution in [2.45, 2.75) is 6.42 Å². The Hall–Kier alpha value is -2.69. The van der Waals surface area contributed by atoms with Gasteiger partial charge in [0.1, 0.15) is 5.82 Å². The van der Waals surface area contributed by atoms with E-state index in [1.165, 1.54) is 12.1 Å². The Morgan fingerprint density at radius 2 is 1.81 bits per heavy atom. The molecule has 4 nitrogen and oxygen atoms in total. The summed E-state index contributed by atoms with van der Waals surface area (Å²) in [5.74, 6) is 0.705. The van der Waals surface area contributed by atoms with Gasteiger partial charge in [0.2, 0.25) is 0 Å². The van der Waals surface area contributed by atoms with Gasteiger partial charge in [-0.1, -0.05) is 18.2 Å². The molecular formula is C16H13FN4. The first-order chi connectivity index (χ1) is 10.2. The fraction of sp³-hybridized carbons (Fsp3) is 0.125. The van der Waals surface area contributed by atoms with Crippen molar-refractivity contribution in [2.75, 3.05) is 17.2 Å². The molecule has 0 saturated carbocycles. The minimum absolute atomic E-state index is 0.257. The van der Waals surface area contributed by atoms with E-state index in [4.69, 9.17) is 5.73 Å². The SMILES string of the molecule is Nc1nc2ccccc2nc1N1CCc2ccc(F)cc21. The average Bonchev–Trinajstić information content (AvgIpc) is 2.89. The van der Waals surface area contributed by atoms with E-state index in [0.29, 0.717) is 11.6 Å². The van der Waals surface area contributed by atoms with E-state index in [2.05, 4.69) is 9.97 Å². The molecule has 21 heavy (non-hydrogen) atoms. The fourth-order valence-corrected chi connectivity index (χ4v) is 2.78. The molecule has 0 saturated heterocycles. The zero-order valence-electron chi connectivity index (χ0n) is 11.3. The molecule has 1 aliphatic heterocycles. The first-order valence-electron chi connectivity index (χ1n) is 6.80. The summed E-state index contributed by atoms with van der Waals surface area (Å²) in [5.41, 5.74) is 9.53. The number of hydrogen-bond acceptors (Lipinski definition) is 4. The van der Waals surface area contributed by atoms with Crippen LogP contribution in [0.5, 0.6) is 0 Å². The Morgan fingerprint density at radius 1 is 1.05 bits per heavy atom. The lowest BCUT2D eigenvalue weighted by Crippen LogP contribution is -2.17. The monoisotopic (exact) mass is 280 g/mol. The van der Waals surface area contributed by atoms with E-state index < -0.39 is 0 Å². The largest absolute Gasteiger partial charge is 0.381 e. The molecule has 0 unspecified atom stereocenters. The minimum atomic E-state index is -0.257. The smallest absolute Gasteiger partial charge is 0.176 e. The molecule has 0 atom stereocenters. The summed E-state index contributed by atoms with van der Waals surface area (Å²) in [6.45, 7) is 0.732. The van der Waals surface area contributed by atoms with Crippen LogP contribution in [-0.2, 0) is 6.42 Å². The van der Waals surface area contributed by atoms with Crippen molar-refractivity contribution in [1.82, 2.24) is 9.97 Å². The predicted octanol–water partition coefficient (Wildman–Crippen LogP) is 3.05. The Morgan fingerprint density at radius 3 is 2.62 bits per heavy atom. The first kappa shape index (κ1) is 12.1. The lowest BCUT2D eigenvalue weighted by molar-refractivity contribution is 0.628. The second-order valence-corrected chi connectivity index (χ2v) is 5.10. The number of hydrogen-bond donors (Lipinski definition) is 1. The number of benzene rings is 2. The van der Waals surface area contributed by atoms with Crippen molar-refractivity contribution in [1.29, 1.82) is 0 Å². The van der Waals surface area contributed by atoms with Gasteiger partial charge in [-0.25, -0.2) is 14.4 Å². The van der Waals surface area contributed by atoms with Crippen molar-refractivity contribution in [3.8, 4) is 0 Å². The molecule has 0 amide bonds. The van der Waals surface area contributed by atoms with Crippen LogP contribution >= 0.6 is 0 Å². The molecule has 4 rings (SSSR count). The van der Waals surface area contributed by atoms with E-state index in [-0.39, 0.29) is 5.82 Å². The zero-order chi connectivity index (χ0) is 14.4. The summed E-state index contributed by atoms with van der Waals surface area (Å²) < 4.78 is 13.5. The molecule has 0 radical (unpaired) electrons. The zero-order valence-corrected chi connectivity index (χ0v) is 11.3. The first-order valence-corrected chi connectivity index (χ1v) is 6.80. The third kappa shape index (κ3) is 1.89. The Balaban J connectivity index is 1.89. The maximum absolute atomic E-state index is 13.5. The topological polar surface area (TPSA) is 55.0 Å². The van der Waals surface area contributed by atoms with Gasteiger partial charge in [-0.05, 0) is 36.2 Å². The quantitative estimate of drug-likeness (QED) is 0.744. The van der Waals surface area contributed by atoms with Crippen LogP contribution < -0.4 is 10.6 Å². The van der Waals surface area contributed by atoms with Crippen LogP contribution in [0.4, 0.5) is 21.7 Å². The molecule has 1 aliphatic rings. The highest BCUT2D eigenvalue weighted by atomic mass is 19.1. The summed E-state index contributed by atoms with van der Waals surface area (Å²) in [7, 11) is 0. The van der Waals surface area contributed by atoms with Gasteiger partial charge >= 0.3 is 0 Å². The highest BCUT2D eigenvalue weighted by Gasteiger charge is 2.24. The molecular weight excluding hydrogens is 267 g/mol. The molecule has 104 valence electrons. The number of aromatic nitrogens is 2. The van der Waals surface area contributed by atoms with Gasteiger partial charge in [-0.3, -0.25) is 0 Å².